The van der Waals surface area contributed by atoms with E-state index in [0.717, 1.165) is 45.5 Å². The van der Waals surface area contributed by atoms with E-state index >= 15 is 0 Å². The number of amides is 1. The summed E-state index contributed by atoms with van der Waals surface area (Å²) in [6.07, 6.45) is 7.31. The summed E-state index contributed by atoms with van der Waals surface area (Å²) in [5.74, 6) is -0.0174. The third-order valence-corrected chi connectivity index (χ3v) is 6.72. The number of halogens is 1. The Labute approximate surface area is 203 Å². The van der Waals surface area contributed by atoms with Gasteiger partial charge >= 0.3 is 0 Å². The summed E-state index contributed by atoms with van der Waals surface area (Å²) in [4.78, 5) is 24.4. The quantitative estimate of drug-likeness (QED) is 0.274. The molecule has 0 saturated carbocycles. The fourth-order valence-corrected chi connectivity index (χ4v) is 4.94. The maximum absolute atomic E-state index is 13.7. The topological polar surface area (TPSA) is 51.0 Å². The molecule has 33 heavy (non-hydrogen) atoms. The molecule has 0 N–H and O–H groups in total. The Kier molecular flexibility index (Phi) is 7.06. The first-order valence-corrected chi connectivity index (χ1v) is 11.7. The summed E-state index contributed by atoms with van der Waals surface area (Å²) >= 11 is 1.58. The number of nitrogens with zero attached hydrogens (tertiary/aromatic N) is 4. The van der Waals surface area contributed by atoms with Crippen LogP contribution in [-0.2, 0) is 13.0 Å². The molecule has 5 aromatic rings. The molecule has 0 aliphatic rings. The zero-order valence-electron chi connectivity index (χ0n) is 18.3. The van der Waals surface area contributed by atoms with E-state index < -0.39 is 0 Å². The van der Waals surface area contributed by atoms with E-state index in [0.29, 0.717) is 12.1 Å². The number of anilines is 1. The van der Waals surface area contributed by atoms with Gasteiger partial charge < -0.3 is 4.57 Å². The fourth-order valence-electron chi connectivity index (χ4n) is 3.88. The van der Waals surface area contributed by atoms with E-state index in [4.69, 9.17) is 4.98 Å². The number of carbonyl (C=O) groups is 1. The lowest BCUT2D eigenvalue weighted by Crippen LogP contribution is -2.32. The number of thiazole rings is 1. The van der Waals surface area contributed by atoms with Crippen molar-refractivity contribution >= 4 is 55.8 Å². The van der Waals surface area contributed by atoms with Crippen molar-refractivity contribution in [1.82, 2.24) is 14.5 Å². The Morgan fingerprint density at radius 3 is 2.70 bits per heavy atom. The van der Waals surface area contributed by atoms with Crippen LogP contribution < -0.4 is 4.90 Å². The first-order valence-electron chi connectivity index (χ1n) is 10.9. The average molecular weight is 477 g/mol. The van der Waals surface area contributed by atoms with Gasteiger partial charge in [0.25, 0.3) is 5.91 Å². The average Bonchev–Trinajstić information content (AvgIpc) is 3.50. The van der Waals surface area contributed by atoms with Crippen LogP contribution in [-0.4, -0.2) is 27.0 Å². The van der Waals surface area contributed by atoms with Gasteiger partial charge in [0.1, 0.15) is 0 Å². The maximum atomic E-state index is 13.7. The number of hydrogen-bond donors (Lipinski definition) is 0. The summed E-state index contributed by atoms with van der Waals surface area (Å²) in [7, 11) is 0. The summed E-state index contributed by atoms with van der Waals surface area (Å²) < 4.78 is 3.15. The van der Waals surface area contributed by atoms with E-state index in [-0.39, 0.29) is 18.3 Å². The molecule has 7 heteroatoms. The highest BCUT2D eigenvalue weighted by Crippen LogP contribution is 2.31. The van der Waals surface area contributed by atoms with Crippen LogP contribution in [0, 0.1) is 0 Å². The van der Waals surface area contributed by atoms with Crippen molar-refractivity contribution in [3.05, 3.63) is 90.5 Å². The molecular weight excluding hydrogens is 452 g/mol. The number of hydrogen-bond acceptors (Lipinski definition) is 4. The minimum atomic E-state index is -0.0174. The van der Waals surface area contributed by atoms with Crippen LogP contribution in [0.15, 0.2) is 79.4 Å². The molecule has 0 spiro atoms. The Hall–Kier alpha value is -3.22. The first kappa shape index (κ1) is 23.0. The predicted molar refractivity (Wildman–Crippen MR) is 139 cm³/mol. The summed E-state index contributed by atoms with van der Waals surface area (Å²) in [6, 6.07) is 20.4. The molecule has 2 heterocycles. The number of fused-ring (bicyclic) bond motifs is 2. The second-order valence-corrected chi connectivity index (χ2v) is 8.83. The third kappa shape index (κ3) is 4.92. The second-order valence-electron chi connectivity index (χ2n) is 7.82. The van der Waals surface area contributed by atoms with Crippen LogP contribution >= 0.6 is 23.7 Å². The van der Waals surface area contributed by atoms with Crippen molar-refractivity contribution in [2.24, 2.45) is 0 Å². The number of aryl methyl sites for hydroxylation is 2. The SMILES string of the molecule is CCc1ccc2nc(N(CCCn3ccnc3)C(=O)c3ccc4ccccc4c3)sc2c1.Cl. The smallest absolute Gasteiger partial charge is 0.260 e. The largest absolute Gasteiger partial charge is 0.337 e. The number of imidazole rings is 1. The molecule has 1 amide bonds. The highest BCUT2D eigenvalue weighted by Gasteiger charge is 2.21. The minimum Gasteiger partial charge on any atom is -0.337 e. The molecule has 0 fully saturated rings. The van der Waals surface area contributed by atoms with Gasteiger partial charge in [-0.1, -0.05) is 54.7 Å². The Morgan fingerprint density at radius 2 is 1.91 bits per heavy atom. The Morgan fingerprint density at radius 1 is 1.06 bits per heavy atom. The van der Waals surface area contributed by atoms with E-state index in [9.17, 15) is 4.79 Å². The van der Waals surface area contributed by atoms with Crippen molar-refractivity contribution in [2.75, 3.05) is 11.4 Å². The van der Waals surface area contributed by atoms with Crippen molar-refractivity contribution < 1.29 is 4.79 Å². The molecule has 0 saturated heterocycles. The van der Waals surface area contributed by atoms with Crippen LogP contribution in [0.3, 0.4) is 0 Å². The van der Waals surface area contributed by atoms with Gasteiger partial charge in [0, 0.05) is 31.0 Å². The van der Waals surface area contributed by atoms with Crippen LogP contribution in [0.4, 0.5) is 5.13 Å². The molecule has 0 atom stereocenters. The molecule has 0 aliphatic carbocycles. The lowest BCUT2D eigenvalue weighted by Gasteiger charge is -2.20. The van der Waals surface area contributed by atoms with Crippen LogP contribution in [0.5, 0.6) is 0 Å². The predicted octanol–water partition coefficient (Wildman–Crippen LogP) is 6.37. The van der Waals surface area contributed by atoms with Crippen LogP contribution in [0.25, 0.3) is 21.0 Å². The van der Waals surface area contributed by atoms with Gasteiger partial charge in [0.05, 0.1) is 16.5 Å². The normalized spacial score (nSPS) is 10.9. The van der Waals surface area contributed by atoms with Gasteiger partial charge in [0.2, 0.25) is 0 Å². The fraction of sp³-hybridized carbons (Fsp3) is 0.192. The Balaban J connectivity index is 0.00000259. The maximum Gasteiger partial charge on any atom is 0.260 e. The summed E-state index contributed by atoms with van der Waals surface area (Å²) in [5.41, 5.74) is 2.90. The standard InChI is InChI=1S/C26H24N4OS.ClH/c1-2-19-8-11-23-24(16-19)32-26(28-23)30(14-5-13-29-15-12-27-18-29)25(31)22-10-9-20-6-3-4-7-21(20)17-22;/h3-4,6-12,15-18H,2,5,13-14H2,1H3;1H. The van der Waals surface area contributed by atoms with E-state index in [1.807, 2.05) is 52.1 Å². The lowest BCUT2D eigenvalue weighted by atomic mass is 10.1. The summed E-state index contributed by atoms with van der Waals surface area (Å²) in [6.45, 7) is 3.53. The van der Waals surface area contributed by atoms with E-state index in [1.165, 1.54) is 5.56 Å². The molecule has 3 aromatic carbocycles. The molecule has 5 nitrogen and oxygen atoms in total. The molecule has 0 radical (unpaired) electrons. The molecule has 0 bridgehead atoms. The molecule has 2 aromatic heterocycles. The van der Waals surface area contributed by atoms with Crippen molar-refractivity contribution in [1.29, 1.82) is 0 Å². The van der Waals surface area contributed by atoms with Gasteiger partial charge in [-0.2, -0.15) is 0 Å². The second kappa shape index (κ2) is 10.1. The van der Waals surface area contributed by atoms with E-state index in [1.54, 1.807) is 23.9 Å². The number of benzene rings is 3. The number of rotatable bonds is 7. The van der Waals surface area contributed by atoms with Crippen molar-refractivity contribution in [3.63, 3.8) is 0 Å². The van der Waals surface area contributed by atoms with Gasteiger partial charge in [0.15, 0.2) is 5.13 Å². The highest BCUT2D eigenvalue weighted by atomic mass is 35.5. The van der Waals surface area contributed by atoms with Gasteiger partial charge in [-0.05, 0) is 53.4 Å². The van der Waals surface area contributed by atoms with Gasteiger partial charge in [-0.25, -0.2) is 9.97 Å². The molecule has 5 rings (SSSR count). The van der Waals surface area contributed by atoms with E-state index in [2.05, 4.69) is 36.2 Å². The lowest BCUT2D eigenvalue weighted by molar-refractivity contribution is 0.0986. The Bertz CT molecular complexity index is 1380. The monoisotopic (exact) mass is 476 g/mol. The first-order chi connectivity index (χ1) is 15.7. The zero-order valence-corrected chi connectivity index (χ0v) is 20.0. The van der Waals surface area contributed by atoms with Crippen molar-refractivity contribution in [3.8, 4) is 0 Å². The summed E-state index contributed by atoms with van der Waals surface area (Å²) in [5, 5.41) is 2.94. The van der Waals surface area contributed by atoms with Crippen LogP contribution in [0.2, 0.25) is 0 Å². The van der Waals surface area contributed by atoms with Gasteiger partial charge in [-0.3, -0.25) is 9.69 Å². The molecule has 0 aliphatic heterocycles. The highest BCUT2D eigenvalue weighted by molar-refractivity contribution is 7.22. The number of aromatic nitrogens is 3. The molecular formula is C26H25ClN4OS. The molecule has 168 valence electrons. The van der Waals surface area contributed by atoms with Crippen molar-refractivity contribution in [2.45, 2.75) is 26.3 Å². The third-order valence-electron chi connectivity index (χ3n) is 5.68. The van der Waals surface area contributed by atoms with Gasteiger partial charge in [-0.15, -0.1) is 12.4 Å². The molecule has 0 unspecified atom stereocenters. The van der Waals surface area contributed by atoms with Crippen LogP contribution in [0.1, 0.15) is 29.3 Å². The minimum absolute atomic E-state index is 0. The zero-order chi connectivity index (χ0) is 21.9. The number of carbonyl (C=O) groups excluding carboxylic acids is 1.